The van der Waals surface area contributed by atoms with Gasteiger partial charge in [-0.2, -0.15) is 23.4 Å². The van der Waals surface area contributed by atoms with Gasteiger partial charge in [0.25, 0.3) is 0 Å². The van der Waals surface area contributed by atoms with Crippen LogP contribution in [0.1, 0.15) is 5.56 Å². The highest BCUT2D eigenvalue weighted by atomic mass is 19.4. The number of aromatic nitrogens is 4. The number of halogens is 3. The molecule has 0 fully saturated rings. The van der Waals surface area contributed by atoms with Crippen molar-refractivity contribution in [3.63, 3.8) is 0 Å². The number of aliphatic hydroxyl groups is 1. The van der Waals surface area contributed by atoms with Gasteiger partial charge in [-0.1, -0.05) is 0 Å². The summed E-state index contributed by atoms with van der Waals surface area (Å²) in [7, 11) is 2.86. The Labute approximate surface area is 185 Å². The minimum atomic E-state index is -4.61. The maximum Gasteiger partial charge on any atom is 0.417 e. The summed E-state index contributed by atoms with van der Waals surface area (Å²) in [4.78, 5) is 13.3. The molecular weight excluding hydrogens is 441 g/mol. The van der Waals surface area contributed by atoms with Gasteiger partial charge in [0.15, 0.2) is 17.6 Å². The predicted molar refractivity (Wildman–Crippen MR) is 112 cm³/mol. The lowest BCUT2D eigenvalue weighted by Gasteiger charge is -2.30. The Morgan fingerprint density at radius 3 is 2.73 bits per heavy atom. The standard InChI is InChI=1S/C20H17F3N8O2/c1-30-9-10(20(21,22)23)5-13(18(30)32)28-19-29-17-16(31(19)2)12(7-24)14(8-27-17)33-11-3-4-26-15(25)6-11/h3-6,8-9,18,32H,1-2H3,(H2,25,26)(H,27,28,29). The number of alkyl halides is 3. The average molecular weight is 458 g/mol. The van der Waals surface area contributed by atoms with E-state index in [4.69, 9.17) is 10.5 Å². The summed E-state index contributed by atoms with van der Waals surface area (Å²) >= 11 is 0. The monoisotopic (exact) mass is 458 g/mol. The van der Waals surface area contributed by atoms with Crippen LogP contribution in [0.25, 0.3) is 11.2 Å². The van der Waals surface area contributed by atoms with E-state index in [-0.39, 0.29) is 39.9 Å². The molecule has 10 nitrogen and oxygen atoms in total. The number of rotatable bonds is 4. The van der Waals surface area contributed by atoms with Crippen LogP contribution in [0.4, 0.5) is 24.9 Å². The number of pyridine rings is 2. The molecule has 1 unspecified atom stereocenters. The number of allylic oxidation sites excluding steroid dienone is 2. The van der Waals surface area contributed by atoms with E-state index >= 15 is 0 Å². The van der Waals surface area contributed by atoms with Crippen LogP contribution in [0.3, 0.4) is 0 Å². The fourth-order valence-electron chi connectivity index (χ4n) is 3.24. The first-order valence-electron chi connectivity index (χ1n) is 9.41. The maximum atomic E-state index is 13.2. The molecule has 0 aliphatic carbocycles. The van der Waals surface area contributed by atoms with E-state index in [1.54, 1.807) is 13.1 Å². The molecule has 4 heterocycles. The summed E-state index contributed by atoms with van der Waals surface area (Å²) in [5.41, 5.74) is 5.10. The number of anilines is 2. The molecule has 0 saturated heterocycles. The minimum Gasteiger partial charge on any atom is -0.454 e. The molecule has 3 aromatic rings. The molecule has 0 radical (unpaired) electrons. The fraction of sp³-hybridized carbons (Fsp3) is 0.200. The minimum absolute atomic E-state index is 0.0708. The van der Waals surface area contributed by atoms with Crippen molar-refractivity contribution in [2.75, 3.05) is 18.1 Å². The van der Waals surface area contributed by atoms with Crippen LogP contribution in [0.5, 0.6) is 11.5 Å². The molecule has 0 amide bonds. The second-order valence-electron chi connectivity index (χ2n) is 7.14. The number of nitrogen functional groups attached to an aromatic ring is 1. The molecule has 4 rings (SSSR count). The van der Waals surface area contributed by atoms with E-state index < -0.39 is 18.0 Å². The molecule has 0 saturated carbocycles. The number of nitrogens with one attached hydrogen (secondary N) is 1. The number of nitrogens with zero attached hydrogens (tertiary/aromatic N) is 6. The van der Waals surface area contributed by atoms with E-state index in [9.17, 15) is 23.5 Å². The molecule has 3 aromatic heterocycles. The largest absolute Gasteiger partial charge is 0.454 e. The molecule has 170 valence electrons. The second kappa shape index (κ2) is 7.99. The van der Waals surface area contributed by atoms with Crippen molar-refractivity contribution in [3.05, 3.63) is 53.6 Å². The SMILES string of the molecule is CN1C=C(C(F)(F)F)C=C(Nc2nc3ncc(Oc4ccnc(N)c4)c(C#N)c3n2C)C1O. The van der Waals surface area contributed by atoms with Crippen LogP contribution in [0.15, 0.2) is 48.1 Å². The van der Waals surface area contributed by atoms with E-state index in [1.807, 2.05) is 6.07 Å². The molecule has 1 atom stereocenters. The third kappa shape index (κ3) is 4.11. The van der Waals surface area contributed by atoms with Crippen LogP contribution in [0, 0.1) is 11.3 Å². The van der Waals surface area contributed by atoms with Crippen LogP contribution in [0.2, 0.25) is 0 Å². The molecule has 33 heavy (non-hydrogen) atoms. The molecule has 13 heteroatoms. The Morgan fingerprint density at radius 2 is 2.06 bits per heavy atom. The van der Waals surface area contributed by atoms with Gasteiger partial charge in [0.05, 0.1) is 17.5 Å². The Balaban J connectivity index is 1.73. The highest BCUT2D eigenvalue weighted by molar-refractivity contribution is 5.84. The van der Waals surface area contributed by atoms with Gasteiger partial charge >= 0.3 is 6.18 Å². The zero-order chi connectivity index (χ0) is 23.9. The van der Waals surface area contributed by atoms with Crippen molar-refractivity contribution < 1.29 is 23.0 Å². The summed E-state index contributed by atoms with van der Waals surface area (Å²) < 4.78 is 46.8. The number of ether oxygens (including phenoxy) is 1. The smallest absolute Gasteiger partial charge is 0.417 e. The molecule has 1 aliphatic heterocycles. The number of hydrogen-bond acceptors (Lipinski definition) is 9. The van der Waals surface area contributed by atoms with E-state index in [1.165, 1.54) is 30.1 Å². The Bertz CT molecular complexity index is 1340. The van der Waals surface area contributed by atoms with Crippen molar-refractivity contribution >= 4 is 22.9 Å². The molecule has 4 N–H and O–H groups in total. The van der Waals surface area contributed by atoms with E-state index in [0.717, 1.165) is 17.2 Å². The van der Waals surface area contributed by atoms with Gasteiger partial charge in [-0.15, -0.1) is 0 Å². The maximum absolute atomic E-state index is 13.2. The molecule has 0 spiro atoms. The number of hydrogen-bond donors (Lipinski definition) is 3. The number of imidazole rings is 1. The first kappa shape index (κ1) is 21.9. The Morgan fingerprint density at radius 1 is 1.30 bits per heavy atom. The summed E-state index contributed by atoms with van der Waals surface area (Å²) in [5.74, 6) is 0.764. The highest BCUT2D eigenvalue weighted by Gasteiger charge is 2.36. The van der Waals surface area contributed by atoms with Crippen molar-refractivity contribution in [2.45, 2.75) is 12.4 Å². The van der Waals surface area contributed by atoms with Crippen LogP contribution in [-0.4, -0.2) is 49.0 Å². The Kier molecular flexibility index (Phi) is 5.30. The number of nitriles is 1. The topological polar surface area (TPSA) is 138 Å². The van der Waals surface area contributed by atoms with Gasteiger partial charge in [0.1, 0.15) is 28.7 Å². The van der Waals surface area contributed by atoms with E-state index in [2.05, 4.69) is 20.3 Å². The number of nitrogens with two attached hydrogens (primary N) is 1. The van der Waals surface area contributed by atoms with Gasteiger partial charge in [-0.25, -0.2) is 9.97 Å². The van der Waals surface area contributed by atoms with Gasteiger partial charge < -0.3 is 30.4 Å². The van der Waals surface area contributed by atoms with Gasteiger partial charge in [0.2, 0.25) is 5.95 Å². The van der Waals surface area contributed by atoms with Crippen LogP contribution in [-0.2, 0) is 7.05 Å². The Hall–Kier alpha value is -4.31. The second-order valence-corrected chi connectivity index (χ2v) is 7.14. The lowest BCUT2D eigenvalue weighted by atomic mass is 10.1. The van der Waals surface area contributed by atoms with Gasteiger partial charge in [-0.3, -0.25) is 0 Å². The zero-order valence-corrected chi connectivity index (χ0v) is 17.3. The van der Waals surface area contributed by atoms with E-state index in [0.29, 0.717) is 5.75 Å². The van der Waals surface area contributed by atoms with Crippen LogP contribution >= 0.6 is 0 Å². The first-order chi connectivity index (χ1) is 15.6. The van der Waals surface area contributed by atoms with Crippen molar-refractivity contribution in [1.82, 2.24) is 24.4 Å². The third-order valence-electron chi connectivity index (χ3n) is 4.86. The lowest BCUT2D eigenvalue weighted by Crippen LogP contribution is -2.36. The molecule has 0 aromatic carbocycles. The van der Waals surface area contributed by atoms with Crippen molar-refractivity contribution in [2.24, 2.45) is 7.05 Å². The number of aliphatic hydroxyl groups excluding tert-OH is 1. The summed E-state index contributed by atoms with van der Waals surface area (Å²) in [6.07, 6.45) is -1.62. The van der Waals surface area contributed by atoms with Crippen molar-refractivity contribution in [1.29, 1.82) is 5.26 Å². The quantitative estimate of drug-likeness (QED) is 0.538. The average Bonchev–Trinajstić information content (AvgIpc) is 3.06. The predicted octanol–water partition coefficient (Wildman–Crippen LogP) is 2.62. The third-order valence-corrected chi connectivity index (χ3v) is 4.86. The highest BCUT2D eigenvalue weighted by Crippen LogP contribution is 2.34. The normalized spacial score (nSPS) is 16.3. The van der Waals surface area contributed by atoms with Gasteiger partial charge in [-0.05, 0) is 12.1 Å². The zero-order valence-electron chi connectivity index (χ0n) is 17.3. The molecule has 1 aliphatic rings. The van der Waals surface area contributed by atoms with Gasteiger partial charge in [0, 0.05) is 32.6 Å². The summed E-state index contributed by atoms with van der Waals surface area (Å²) in [5, 5.41) is 22.8. The summed E-state index contributed by atoms with van der Waals surface area (Å²) in [6, 6.07) is 5.07. The number of likely N-dealkylation sites (N-methyl/N-ethyl adjacent to an activating group) is 1. The fourth-order valence-corrected chi connectivity index (χ4v) is 3.24. The number of aryl methyl sites for hydroxylation is 1. The van der Waals surface area contributed by atoms with Crippen LogP contribution < -0.4 is 15.8 Å². The molecular formula is C20H17F3N8O2. The number of fused-ring (bicyclic) bond motifs is 1. The lowest BCUT2D eigenvalue weighted by molar-refractivity contribution is -0.0909. The molecule has 0 bridgehead atoms. The summed E-state index contributed by atoms with van der Waals surface area (Å²) in [6.45, 7) is 0. The van der Waals surface area contributed by atoms with Crippen molar-refractivity contribution in [3.8, 4) is 17.6 Å². The first-order valence-corrected chi connectivity index (χ1v) is 9.41.